The molecule has 24 heavy (non-hydrogen) atoms. The number of rotatable bonds is 5. The Hall–Kier alpha value is -2.08. The van der Waals surface area contributed by atoms with Crippen molar-refractivity contribution in [2.75, 3.05) is 19.7 Å². The number of thiazole rings is 1. The molecule has 0 unspecified atom stereocenters. The highest BCUT2D eigenvalue weighted by molar-refractivity contribution is 7.11. The van der Waals surface area contributed by atoms with Crippen molar-refractivity contribution in [2.45, 2.75) is 32.6 Å². The van der Waals surface area contributed by atoms with Crippen LogP contribution in [-0.4, -0.2) is 30.7 Å². The molecule has 1 aromatic heterocycles. The predicted octanol–water partition coefficient (Wildman–Crippen LogP) is 3.17. The average molecular weight is 345 g/mol. The number of para-hydroxylation sites is 1. The molecule has 2 aromatic rings. The largest absolute Gasteiger partial charge is 0.493 e. The van der Waals surface area contributed by atoms with Crippen LogP contribution in [0.2, 0.25) is 0 Å². The number of benzene rings is 1. The number of aryl methyl sites for hydroxylation is 2. The molecule has 5 nitrogen and oxygen atoms in total. The third-order valence-corrected chi connectivity index (χ3v) is 5.36. The zero-order valence-electron chi connectivity index (χ0n) is 14.1. The van der Waals surface area contributed by atoms with Crippen LogP contribution in [0.15, 0.2) is 24.3 Å². The molecule has 1 aliphatic heterocycles. The maximum Gasteiger partial charge on any atom is 0.314 e. The fourth-order valence-electron chi connectivity index (χ4n) is 3.00. The molecule has 0 spiro atoms. The number of nitrogens with zero attached hydrogens (tertiary/aromatic N) is 1. The van der Waals surface area contributed by atoms with E-state index in [1.807, 2.05) is 32.0 Å². The van der Waals surface area contributed by atoms with E-state index < -0.39 is 0 Å². The van der Waals surface area contributed by atoms with Crippen molar-refractivity contribution in [3.8, 4) is 5.75 Å². The number of hydrogen-bond acceptors (Lipinski definition) is 4. The molecular weight excluding hydrogens is 322 g/mol. The van der Waals surface area contributed by atoms with Crippen LogP contribution in [0.3, 0.4) is 0 Å². The summed E-state index contributed by atoms with van der Waals surface area (Å²) in [5, 5.41) is 6.98. The number of fused-ring (bicyclic) bond motifs is 1. The molecule has 0 aliphatic carbocycles. The molecule has 0 saturated carbocycles. The first-order chi connectivity index (χ1) is 11.6. The van der Waals surface area contributed by atoms with E-state index in [9.17, 15) is 4.79 Å². The van der Waals surface area contributed by atoms with Gasteiger partial charge in [0.25, 0.3) is 0 Å². The van der Waals surface area contributed by atoms with Gasteiger partial charge in [0.05, 0.1) is 17.3 Å². The number of urea groups is 1. The predicted molar refractivity (Wildman–Crippen MR) is 96.0 cm³/mol. The third-order valence-electron chi connectivity index (χ3n) is 4.23. The SMILES string of the molecule is Cc1nc(C)c(CCNC(=O)NC[C@H]2CCOc3ccccc32)s1. The minimum absolute atomic E-state index is 0.113. The van der Waals surface area contributed by atoms with E-state index in [1.54, 1.807) is 11.3 Å². The van der Waals surface area contributed by atoms with E-state index in [1.165, 1.54) is 10.4 Å². The van der Waals surface area contributed by atoms with Gasteiger partial charge in [0, 0.05) is 30.3 Å². The van der Waals surface area contributed by atoms with Gasteiger partial charge in [0.15, 0.2) is 0 Å². The van der Waals surface area contributed by atoms with Gasteiger partial charge in [-0.15, -0.1) is 11.3 Å². The summed E-state index contributed by atoms with van der Waals surface area (Å²) >= 11 is 1.70. The first-order valence-corrected chi connectivity index (χ1v) is 9.11. The van der Waals surface area contributed by atoms with Crippen LogP contribution in [0.4, 0.5) is 4.79 Å². The topological polar surface area (TPSA) is 63.2 Å². The van der Waals surface area contributed by atoms with Crippen molar-refractivity contribution in [3.05, 3.63) is 45.4 Å². The van der Waals surface area contributed by atoms with Crippen LogP contribution < -0.4 is 15.4 Å². The van der Waals surface area contributed by atoms with Gasteiger partial charge in [0.1, 0.15) is 5.75 Å². The Morgan fingerprint density at radius 3 is 2.96 bits per heavy atom. The summed E-state index contributed by atoms with van der Waals surface area (Å²) in [4.78, 5) is 17.7. The van der Waals surface area contributed by atoms with E-state index >= 15 is 0 Å². The third kappa shape index (κ3) is 4.06. The van der Waals surface area contributed by atoms with Crippen LogP contribution in [0.25, 0.3) is 0 Å². The minimum Gasteiger partial charge on any atom is -0.493 e. The summed E-state index contributed by atoms with van der Waals surface area (Å²) in [6.07, 6.45) is 1.75. The Balaban J connectivity index is 1.44. The fourth-order valence-corrected chi connectivity index (χ4v) is 3.94. The number of ether oxygens (including phenoxy) is 1. The highest BCUT2D eigenvalue weighted by atomic mass is 32.1. The van der Waals surface area contributed by atoms with Crippen LogP contribution in [-0.2, 0) is 6.42 Å². The highest BCUT2D eigenvalue weighted by Gasteiger charge is 2.21. The molecule has 0 saturated heterocycles. The van der Waals surface area contributed by atoms with Crippen molar-refractivity contribution >= 4 is 17.4 Å². The lowest BCUT2D eigenvalue weighted by molar-refractivity contribution is 0.235. The zero-order valence-corrected chi connectivity index (χ0v) is 14.9. The minimum atomic E-state index is -0.113. The summed E-state index contributed by atoms with van der Waals surface area (Å²) in [6.45, 7) is 5.98. The number of carbonyl (C=O) groups excluding carboxylic acids is 1. The Kier molecular flexibility index (Phi) is 5.35. The van der Waals surface area contributed by atoms with Crippen LogP contribution >= 0.6 is 11.3 Å². The smallest absolute Gasteiger partial charge is 0.314 e. The van der Waals surface area contributed by atoms with Gasteiger partial charge in [-0.25, -0.2) is 9.78 Å². The van der Waals surface area contributed by atoms with Crippen molar-refractivity contribution in [3.63, 3.8) is 0 Å². The maximum absolute atomic E-state index is 12.0. The Labute approximate surface area is 146 Å². The van der Waals surface area contributed by atoms with Gasteiger partial charge in [0.2, 0.25) is 0 Å². The lowest BCUT2D eigenvalue weighted by Gasteiger charge is -2.26. The quantitative estimate of drug-likeness (QED) is 0.875. The molecule has 1 atom stereocenters. The monoisotopic (exact) mass is 345 g/mol. The van der Waals surface area contributed by atoms with Gasteiger partial charge < -0.3 is 15.4 Å². The molecule has 128 valence electrons. The fraction of sp³-hybridized carbons (Fsp3) is 0.444. The molecule has 0 radical (unpaired) electrons. The van der Waals surface area contributed by atoms with Crippen molar-refractivity contribution in [2.24, 2.45) is 0 Å². The van der Waals surface area contributed by atoms with Gasteiger partial charge in [-0.2, -0.15) is 0 Å². The first-order valence-electron chi connectivity index (χ1n) is 8.30. The zero-order chi connectivity index (χ0) is 16.9. The number of amides is 2. The molecule has 6 heteroatoms. The summed E-state index contributed by atoms with van der Waals surface area (Å²) in [6, 6.07) is 7.94. The van der Waals surface area contributed by atoms with E-state index in [-0.39, 0.29) is 6.03 Å². The van der Waals surface area contributed by atoms with Crippen molar-refractivity contribution in [1.82, 2.24) is 15.6 Å². The number of nitrogens with one attached hydrogen (secondary N) is 2. The summed E-state index contributed by atoms with van der Waals surface area (Å²) in [5.41, 5.74) is 2.25. The molecule has 2 amide bonds. The maximum atomic E-state index is 12.0. The van der Waals surface area contributed by atoms with Gasteiger partial charge in [-0.1, -0.05) is 18.2 Å². The number of hydrogen-bond donors (Lipinski definition) is 2. The Bertz CT molecular complexity index is 714. The summed E-state index contributed by atoms with van der Waals surface area (Å²) < 4.78 is 5.65. The van der Waals surface area contributed by atoms with E-state index in [0.717, 1.165) is 29.3 Å². The second-order valence-electron chi connectivity index (χ2n) is 6.00. The van der Waals surface area contributed by atoms with Gasteiger partial charge in [-0.05, 0) is 31.9 Å². The van der Waals surface area contributed by atoms with Crippen LogP contribution in [0.1, 0.15) is 33.5 Å². The van der Waals surface area contributed by atoms with Crippen molar-refractivity contribution in [1.29, 1.82) is 0 Å². The number of carbonyl (C=O) groups is 1. The lowest BCUT2D eigenvalue weighted by atomic mass is 9.93. The molecule has 2 N–H and O–H groups in total. The first kappa shape index (κ1) is 16.8. The molecule has 1 aromatic carbocycles. The van der Waals surface area contributed by atoms with Crippen LogP contribution in [0.5, 0.6) is 5.75 Å². The van der Waals surface area contributed by atoms with Crippen molar-refractivity contribution < 1.29 is 9.53 Å². The van der Waals surface area contributed by atoms with E-state index in [0.29, 0.717) is 25.6 Å². The lowest BCUT2D eigenvalue weighted by Crippen LogP contribution is -2.39. The second kappa shape index (κ2) is 7.66. The van der Waals surface area contributed by atoms with Gasteiger partial charge >= 0.3 is 6.03 Å². The summed E-state index contributed by atoms with van der Waals surface area (Å²) in [5.74, 6) is 1.25. The molecule has 0 bridgehead atoms. The van der Waals surface area contributed by atoms with Gasteiger partial charge in [-0.3, -0.25) is 0 Å². The summed E-state index contributed by atoms with van der Waals surface area (Å²) in [7, 11) is 0. The van der Waals surface area contributed by atoms with E-state index in [4.69, 9.17) is 4.74 Å². The van der Waals surface area contributed by atoms with E-state index in [2.05, 4.69) is 21.7 Å². The normalized spacial score (nSPS) is 16.2. The molecular formula is C18H23N3O2S. The second-order valence-corrected chi connectivity index (χ2v) is 7.29. The Morgan fingerprint density at radius 2 is 2.17 bits per heavy atom. The molecule has 1 aliphatic rings. The highest BCUT2D eigenvalue weighted by Crippen LogP contribution is 2.32. The average Bonchev–Trinajstić information content (AvgIpc) is 2.90. The standard InChI is InChI=1S/C18H23N3O2S/c1-12-17(24-13(2)21-12)7-9-19-18(22)20-11-14-8-10-23-16-6-4-3-5-15(14)16/h3-6,14H,7-11H2,1-2H3,(H2,19,20,22)/t14-/m1/s1. The molecule has 2 heterocycles. The van der Waals surface area contributed by atoms with Crippen LogP contribution in [0, 0.1) is 13.8 Å². The molecule has 3 rings (SSSR count). The number of aromatic nitrogens is 1. The Morgan fingerprint density at radius 1 is 1.33 bits per heavy atom. The molecule has 0 fully saturated rings.